The van der Waals surface area contributed by atoms with E-state index in [1.54, 1.807) is 0 Å². The zero-order valence-electron chi connectivity index (χ0n) is 14.3. The van der Waals surface area contributed by atoms with E-state index in [1.165, 1.54) is 0 Å². The Kier molecular flexibility index (Phi) is 3.98. The second kappa shape index (κ2) is 5.69. The minimum atomic E-state index is -0.420. The van der Waals surface area contributed by atoms with E-state index in [4.69, 9.17) is 10.5 Å². The van der Waals surface area contributed by atoms with E-state index >= 15 is 0 Å². The molecule has 2 heterocycles. The van der Waals surface area contributed by atoms with Crippen molar-refractivity contribution in [2.75, 3.05) is 23.7 Å². The van der Waals surface area contributed by atoms with Crippen molar-refractivity contribution in [3.8, 4) is 0 Å². The van der Waals surface area contributed by atoms with E-state index in [-0.39, 0.29) is 11.4 Å². The molecule has 1 aliphatic heterocycles. The fourth-order valence-corrected chi connectivity index (χ4v) is 3.86. The lowest BCUT2D eigenvalue weighted by atomic mass is 9.82. The van der Waals surface area contributed by atoms with Crippen LogP contribution in [0.3, 0.4) is 0 Å². The number of carbonyl (C=O) groups is 1. The van der Waals surface area contributed by atoms with Gasteiger partial charge in [-0.15, -0.1) is 0 Å². The van der Waals surface area contributed by atoms with Crippen LogP contribution in [0, 0.1) is 11.3 Å². The molecule has 126 valence electrons. The minimum Gasteiger partial charge on any atom is -0.460 e. The van der Waals surface area contributed by atoms with Gasteiger partial charge in [-0.05, 0) is 64.5 Å². The standard InChI is InChI=1S/C18H27N3O2/c1-17(2,3)23-16(22)18-7-6-13(10-18)12-21(9-8-18)14-4-5-15(19)20-11-14/h4-5,11,13H,6-10,12H2,1-3H3,(H2,19,20). The van der Waals surface area contributed by atoms with Crippen molar-refractivity contribution in [2.24, 2.45) is 11.3 Å². The molecular weight excluding hydrogens is 290 g/mol. The number of hydrogen-bond donors (Lipinski definition) is 1. The highest BCUT2D eigenvalue weighted by atomic mass is 16.6. The van der Waals surface area contributed by atoms with Gasteiger partial charge in [0.2, 0.25) is 0 Å². The third kappa shape index (κ3) is 3.43. The van der Waals surface area contributed by atoms with Gasteiger partial charge in [-0.25, -0.2) is 4.98 Å². The largest absolute Gasteiger partial charge is 0.460 e. The summed E-state index contributed by atoms with van der Waals surface area (Å²) in [5.41, 5.74) is 6.05. The summed E-state index contributed by atoms with van der Waals surface area (Å²) in [6, 6.07) is 3.85. The lowest BCUT2D eigenvalue weighted by Gasteiger charge is -2.32. The minimum absolute atomic E-state index is 0.00946. The topological polar surface area (TPSA) is 68.5 Å². The summed E-state index contributed by atoms with van der Waals surface area (Å²) >= 11 is 0. The van der Waals surface area contributed by atoms with Crippen molar-refractivity contribution >= 4 is 17.5 Å². The van der Waals surface area contributed by atoms with Gasteiger partial charge in [0.25, 0.3) is 0 Å². The molecule has 1 aromatic rings. The Labute approximate surface area is 138 Å². The number of aromatic nitrogens is 1. The number of hydrogen-bond acceptors (Lipinski definition) is 5. The quantitative estimate of drug-likeness (QED) is 0.849. The number of nitrogen functional groups attached to an aromatic ring is 1. The van der Waals surface area contributed by atoms with Crippen molar-refractivity contribution in [3.05, 3.63) is 18.3 Å². The summed E-state index contributed by atoms with van der Waals surface area (Å²) in [4.78, 5) is 19.3. The number of nitrogens with two attached hydrogens (primary N) is 1. The Balaban J connectivity index is 1.75. The molecule has 1 saturated heterocycles. The van der Waals surface area contributed by atoms with Gasteiger partial charge in [-0.1, -0.05) is 0 Å². The van der Waals surface area contributed by atoms with Crippen molar-refractivity contribution in [1.82, 2.24) is 4.98 Å². The number of anilines is 2. The Morgan fingerprint density at radius 2 is 2.17 bits per heavy atom. The van der Waals surface area contributed by atoms with Crippen LogP contribution >= 0.6 is 0 Å². The molecule has 2 atom stereocenters. The van der Waals surface area contributed by atoms with Crippen LogP contribution in [0.15, 0.2) is 18.3 Å². The zero-order chi connectivity index (χ0) is 16.7. The summed E-state index contributed by atoms with van der Waals surface area (Å²) in [5.74, 6) is 1.07. The average molecular weight is 317 g/mol. The fraction of sp³-hybridized carbons (Fsp3) is 0.667. The van der Waals surface area contributed by atoms with Crippen LogP contribution in [-0.2, 0) is 9.53 Å². The highest BCUT2D eigenvalue weighted by Gasteiger charge is 2.49. The van der Waals surface area contributed by atoms with Crippen molar-refractivity contribution in [1.29, 1.82) is 0 Å². The van der Waals surface area contributed by atoms with Crippen LogP contribution in [-0.4, -0.2) is 29.6 Å². The summed E-state index contributed by atoms with van der Waals surface area (Å²) in [7, 11) is 0. The number of fused-ring (bicyclic) bond motifs is 2. The van der Waals surface area contributed by atoms with Crippen molar-refractivity contribution in [2.45, 2.75) is 52.1 Å². The van der Waals surface area contributed by atoms with Gasteiger partial charge >= 0.3 is 5.97 Å². The third-order valence-electron chi connectivity index (χ3n) is 5.02. The van der Waals surface area contributed by atoms with Gasteiger partial charge in [-0.3, -0.25) is 4.79 Å². The lowest BCUT2D eigenvalue weighted by molar-refractivity contribution is -0.167. The maximum Gasteiger partial charge on any atom is 0.312 e. The zero-order valence-corrected chi connectivity index (χ0v) is 14.3. The van der Waals surface area contributed by atoms with Gasteiger partial charge in [0, 0.05) is 13.1 Å². The Morgan fingerprint density at radius 3 is 2.83 bits per heavy atom. The lowest BCUT2D eigenvalue weighted by Crippen LogP contribution is -2.37. The molecule has 1 aliphatic carbocycles. The number of pyridine rings is 1. The molecule has 0 amide bonds. The molecule has 3 rings (SSSR count). The van der Waals surface area contributed by atoms with Gasteiger partial charge in [0.15, 0.2) is 0 Å². The molecule has 1 saturated carbocycles. The molecule has 2 bridgehead atoms. The van der Waals surface area contributed by atoms with Crippen LogP contribution in [0.1, 0.15) is 46.5 Å². The molecule has 2 unspecified atom stereocenters. The van der Waals surface area contributed by atoms with E-state index in [2.05, 4.69) is 9.88 Å². The molecule has 0 spiro atoms. The first kappa shape index (κ1) is 16.1. The van der Waals surface area contributed by atoms with Crippen LogP contribution in [0.4, 0.5) is 11.5 Å². The van der Waals surface area contributed by atoms with E-state index < -0.39 is 5.60 Å². The first-order valence-electron chi connectivity index (χ1n) is 8.47. The normalized spacial score (nSPS) is 27.6. The Morgan fingerprint density at radius 1 is 1.39 bits per heavy atom. The SMILES string of the molecule is CC(C)(C)OC(=O)C12CCC(CN(c3ccc(N)nc3)CC1)C2. The van der Waals surface area contributed by atoms with Gasteiger partial charge in [0.1, 0.15) is 11.4 Å². The molecular formula is C18H27N3O2. The predicted octanol–water partition coefficient (Wildman–Crippen LogP) is 3.00. The van der Waals surface area contributed by atoms with E-state index in [9.17, 15) is 4.79 Å². The van der Waals surface area contributed by atoms with Crippen molar-refractivity contribution in [3.63, 3.8) is 0 Å². The predicted molar refractivity (Wildman–Crippen MR) is 91.1 cm³/mol. The van der Waals surface area contributed by atoms with E-state index in [1.807, 2.05) is 39.1 Å². The Bertz CT molecular complexity index is 579. The maximum atomic E-state index is 12.8. The number of nitrogens with zero attached hydrogens (tertiary/aromatic N) is 2. The molecule has 1 aromatic heterocycles. The summed E-state index contributed by atoms with van der Waals surface area (Å²) in [6.07, 6.45) is 5.68. The number of esters is 1. The highest BCUT2D eigenvalue weighted by Crippen LogP contribution is 2.48. The monoisotopic (exact) mass is 317 g/mol. The van der Waals surface area contributed by atoms with Gasteiger partial charge < -0.3 is 15.4 Å². The van der Waals surface area contributed by atoms with Crippen molar-refractivity contribution < 1.29 is 9.53 Å². The first-order chi connectivity index (χ1) is 10.8. The first-order valence-corrected chi connectivity index (χ1v) is 8.47. The van der Waals surface area contributed by atoms with E-state index in [0.29, 0.717) is 11.7 Å². The summed E-state index contributed by atoms with van der Waals surface area (Å²) in [5, 5.41) is 0. The van der Waals surface area contributed by atoms with Crippen LogP contribution in [0.5, 0.6) is 0 Å². The molecule has 2 fully saturated rings. The van der Waals surface area contributed by atoms with Crippen LogP contribution < -0.4 is 10.6 Å². The fourth-order valence-electron chi connectivity index (χ4n) is 3.86. The third-order valence-corrected chi connectivity index (χ3v) is 5.02. The smallest absolute Gasteiger partial charge is 0.312 e. The second-order valence-corrected chi connectivity index (χ2v) is 8.03. The average Bonchev–Trinajstić information content (AvgIpc) is 2.75. The number of carbonyl (C=O) groups excluding carboxylic acids is 1. The molecule has 0 aromatic carbocycles. The van der Waals surface area contributed by atoms with Crippen LogP contribution in [0.25, 0.3) is 0 Å². The van der Waals surface area contributed by atoms with Gasteiger partial charge in [0.05, 0.1) is 17.3 Å². The maximum absolute atomic E-state index is 12.8. The van der Waals surface area contributed by atoms with Crippen LogP contribution in [0.2, 0.25) is 0 Å². The molecule has 2 N–H and O–H groups in total. The van der Waals surface area contributed by atoms with Gasteiger partial charge in [-0.2, -0.15) is 0 Å². The molecule has 0 radical (unpaired) electrons. The number of ether oxygens (including phenoxy) is 1. The molecule has 5 heteroatoms. The summed E-state index contributed by atoms with van der Waals surface area (Å²) < 4.78 is 5.72. The second-order valence-electron chi connectivity index (χ2n) is 8.03. The Hall–Kier alpha value is -1.78. The number of rotatable bonds is 2. The summed E-state index contributed by atoms with van der Waals surface area (Å²) in [6.45, 7) is 7.67. The molecule has 2 aliphatic rings. The molecule has 23 heavy (non-hydrogen) atoms. The highest BCUT2D eigenvalue weighted by molar-refractivity contribution is 5.78. The molecule has 5 nitrogen and oxygen atoms in total. The van der Waals surface area contributed by atoms with E-state index in [0.717, 1.165) is 44.5 Å².